The number of benzene rings is 1. The molecule has 1 fully saturated rings. The second-order valence-corrected chi connectivity index (χ2v) is 6.27. The van der Waals surface area contributed by atoms with Gasteiger partial charge in [0.15, 0.2) is 4.32 Å². The van der Waals surface area contributed by atoms with Gasteiger partial charge in [-0.3, -0.25) is 0 Å². The Hall–Kier alpha value is -0.440. The Kier molecular flexibility index (Phi) is 4.10. The summed E-state index contributed by atoms with van der Waals surface area (Å²) in [5.41, 5.74) is 2.79. The van der Waals surface area contributed by atoms with E-state index >= 15 is 0 Å². The van der Waals surface area contributed by atoms with E-state index in [4.69, 9.17) is 12.2 Å². The first-order chi connectivity index (χ1) is 8.36. The Morgan fingerprint density at radius 3 is 2.72 bits per heavy atom. The summed E-state index contributed by atoms with van der Waals surface area (Å²) in [7, 11) is 0. The number of thiocarbonyl (C=S) groups is 1. The minimum absolute atomic E-state index is 0.188. The summed E-state index contributed by atoms with van der Waals surface area (Å²) < 4.78 is 38.0. The predicted octanol–water partition coefficient (Wildman–Crippen LogP) is 3.26. The topological polar surface area (TPSA) is 15.3 Å². The average molecular weight is 310 g/mol. The SMILES string of the molecule is FC(F)(F)c1cccc(CN2NC(=S)SC2S)c1. The molecule has 0 amide bonds. The molecule has 1 aromatic carbocycles. The third-order valence-electron chi connectivity index (χ3n) is 2.32. The lowest BCUT2D eigenvalue weighted by Gasteiger charge is -2.19. The summed E-state index contributed by atoms with van der Waals surface area (Å²) in [6.45, 7) is 0.311. The smallest absolute Gasteiger partial charge is 0.302 e. The summed E-state index contributed by atoms with van der Waals surface area (Å²) in [6.07, 6.45) is -4.32. The van der Waals surface area contributed by atoms with Crippen molar-refractivity contribution in [1.29, 1.82) is 0 Å². The maximum atomic E-state index is 12.6. The monoisotopic (exact) mass is 310 g/mol. The first kappa shape index (κ1) is 14.0. The van der Waals surface area contributed by atoms with Gasteiger partial charge < -0.3 is 5.43 Å². The van der Waals surface area contributed by atoms with Crippen molar-refractivity contribution in [2.75, 3.05) is 0 Å². The number of hydrazine groups is 1. The van der Waals surface area contributed by atoms with Gasteiger partial charge >= 0.3 is 6.18 Å². The van der Waals surface area contributed by atoms with Crippen molar-refractivity contribution in [2.24, 2.45) is 0 Å². The Balaban J connectivity index is 2.13. The lowest BCUT2D eigenvalue weighted by atomic mass is 10.1. The van der Waals surface area contributed by atoms with Crippen molar-refractivity contribution >= 4 is 40.9 Å². The molecule has 1 N–H and O–H groups in total. The summed E-state index contributed by atoms with van der Waals surface area (Å²) in [4.78, 5) is 0. The molecule has 98 valence electrons. The third-order valence-corrected chi connectivity index (χ3v) is 4.07. The second-order valence-electron chi connectivity index (χ2n) is 3.67. The molecule has 18 heavy (non-hydrogen) atoms. The molecule has 1 atom stereocenters. The van der Waals surface area contributed by atoms with Crippen molar-refractivity contribution in [3.63, 3.8) is 0 Å². The minimum atomic E-state index is -4.32. The largest absolute Gasteiger partial charge is 0.416 e. The highest BCUT2D eigenvalue weighted by Gasteiger charge is 2.31. The van der Waals surface area contributed by atoms with Gasteiger partial charge in [-0.2, -0.15) is 18.2 Å². The molecule has 0 radical (unpaired) electrons. The number of nitrogens with zero attached hydrogens (tertiary/aromatic N) is 1. The van der Waals surface area contributed by atoms with Gasteiger partial charge in [-0.25, -0.2) is 0 Å². The van der Waals surface area contributed by atoms with Gasteiger partial charge in [-0.05, 0) is 11.6 Å². The molecule has 2 nitrogen and oxygen atoms in total. The van der Waals surface area contributed by atoms with Crippen molar-refractivity contribution in [3.8, 4) is 0 Å². The van der Waals surface area contributed by atoms with Gasteiger partial charge in [-0.1, -0.05) is 42.2 Å². The van der Waals surface area contributed by atoms with E-state index in [0.29, 0.717) is 16.4 Å². The van der Waals surface area contributed by atoms with Crippen LogP contribution >= 0.6 is 36.6 Å². The maximum absolute atomic E-state index is 12.6. The average Bonchev–Trinajstić information content (AvgIpc) is 2.56. The Bertz CT molecular complexity index is 464. The van der Waals surface area contributed by atoms with Crippen molar-refractivity contribution in [2.45, 2.75) is 17.4 Å². The minimum Gasteiger partial charge on any atom is -0.302 e. The number of halogens is 3. The quantitative estimate of drug-likeness (QED) is 0.643. The van der Waals surface area contributed by atoms with Gasteiger partial charge in [0.2, 0.25) is 0 Å². The molecule has 0 aliphatic carbocycles. The molecule has 0 aromatic heterocycles. The molecule has 8 heteroatoms. The summed E-state index contributed by atoms with van der Waals surface area (Å²) >= 11 is 10.6. The lowest BCUT2D eigenvalue weighted by Crippen LogP contribution is -2.35. The summed E-state index contributed by atoms with van der Waals surface area (Å²) in [5.74, 6) is 0. The van der Waals surface area contributed by atoms with Gasteiger partial charge in [0, 0.05) is 6.54 Å². The number of nitrogens with one attached hydrogen (secondary N) is 1. The van der Waals surface area contributed by atoms with Crippen LogP contribution < -0.4 is 5.43 Å². The molecule has 1 aliphatic rings. The molecule has 1 unspecified atom stereocenters. The van der Waals surface area contributed by atoms with E-state index in [1.807, 2.05) is 0 Å². The van der Waals surface area contributed by atoms with Crippen LogP contribution in [0.4, 0.5) is 13.2 Å². The first-order valence-corrected chi connectivity index (χ1v) is 6.75. The highest BCUT2D eigenvalue weighted by atomic mass is 32.2. The van der Waals surface area contributed by atoms with E-state index in [2.05, 4.69) is 18.1 Å². The Morgan fingerprint density at radius 2 is 2.17 bits per heavy atom. The van der Waals surface area contributed by atoms with Crippen LogP contribution in [0.25, 0.3) is 0 Å². The first-order valence-electron chi connectivity index (χ1n) is 4.94. The third kappa shape index (κ3) is 3.31. The van der Waals surface area contributed by atoms with Crippen molar-refractivity contribution < 1.29 is 13.2 Å². The van der Waals surface area contributed by atoms with Crippen LogP contribution in [0, 0.1) is 0 Å². The van der Waals surface area contributed by atoms with Crippen LogP contribution in [0.15, 0.2) is 24.3 Å². The summed E-state index contributed by atoms with van der Waals surface area (Å²) in [5, 5.41) is 1.69. The van der Waals surface area contributed by atoms with Crippen molar-refractivity contribution in [1.82, 2.24) is 10.4 Å². The fourth-order valence-corrected chi connectivity index (χ4v) is 3.19. The fraction of sp³-hybridized carbons (Fsp3) is 0.300. The number of alkyl halides is 3. The fourth-order valence-electron chi connectivity index (χ4n) is 1.52. The van der Waals surface area contributed by atoms with E-state index in [1.165, 1.54) is 17.8 Å². The molecule has 2 rings (SSSR count). The maximum Gasteiger partial charge on any atom is 0.416 e. The molecular formula is C10H9F3N2S3. The molecule has 1 aliphatic heterocycles. The molecule has 1 aromatic rings. The standard InChI is InChI=1S/C10H9F3N2S3/c11-10(12,13)7-3-1-2-6(4-7)5-15-9(17)18-8(16)14-15/h1-4,9,17H,5H2,(H,14,16). The highest BCUT2D eigenvalue weighted by molar-refractivity contribution is 8.28. The van der Waals surface area contributed by atoms with E-state index in [9.17, 15) is 13.2 Å². The molecule has 0 spiro atoms. The van der Waals surface area contributed by atoms with Gasteiger partial charge in [0.25, 0.3) is 0 Å². The van der Waals surface area contributed by atoms with Gasteiger partial charge in [0.05, 0.1) is 5.56 Å². The van der Waals surface area contributed by atoms with Crippen molar-refractivity contribution in [3.05, 3.63) is 35.4 Å². The molecule has 0 saturated carbocycles. The van der Waals surface area contributed by atoms with Crippen LogP contribution in [0.2, 0.25) is 0 Å². The van der Waals surface area contributed by atoms with Crippen LogP contribution in [-0.4, -0.2) is 14.0 Å². The van der Waals surface area contributed by atoms with Gasteiger partial charge in [0.1, 0.15) is 4.71 Å². The number of hydrogen-bond donors (Lipinski definition) is 2. The predicted molar refractivity (Wildman–Crippen MR) is 73.1 cm³/mol. The summed E-state index contributed by atoms with van der Waals surface area (Å²) in [6, 6.07) is 5.23. The molecule has 0 bridgehead atoms. The number of hydrogen-bond acceptors (Lipinski definition) is 4. The normalized spacial score (nSPS) is 21.1. The van der Waals surface area contributed by atoms with Crippen LogP contribution in [0.3, 0.4) is 0 Å². The zero-order chi connectivity index (χ0) is 13.3. The zero-order valence-corrected chi connectivity index (χ0v) is 11.5. The van der Waals surface area contributed by atoms with Crippen LogP contribution in [-0.2, 0) is 12.7 Å². The second kappa shape index (κ2) is 5.28. The number of thiol groups is 1. The Labute approximate surface area is 117 Å². The highest BCUT2D eigenvalue weighted by Crippen LogP contribution is 2.31. The Morgan fingerprint density at radius 1 is 1.44 bits per heavy atom. The number of thioether (sulfide) groups is 1. The van der Waals surface area contributed by atoms with E-state index in [-0.39, 0.29) is 4.71 Å². The van der Waals surface area contributed by atoms with E-state index in [1.54, 1.807) is 11.1 Å². The van der Waals surface area contributed by atoms with Crippen LogP contribution in [0.1, 0.15) is 11.1 Å². The van der Waals surface area contributed by atoms with Gasteiger partial charge in [-0.15, -0.1) is 12.6 Å². The molecule has 1 heterocycles. The van der Waals surface area contributed by atoms with Crippen LogP contribution in [0.5, 0.6) is 0 Å². The zero-order valence-electron chi connectivity index (χ0n) is 8.94. The van der Waals surface area contributed by atoms with E-state index < -0.39 is 11.7 Å². The lowest BCUT2D eigenvalue weighted by molar-refractivity contribution is -0.137. The number of rotatable bonds is 2. The molecule has 1 saturated heterocycles. The molecular weight excluding hydrogens is 301 g/mol. The van der Waals surface area contributed by atoms with E-state index in [0.717, 1.165) is 12.1 Å².